The van der Waals surface area contributed by atoms with E-state index in [9.17, 15) is 18.3 Å². The third-order valence-corrected chi connectivity index (χ3v) is 9.63. The number of sulfonamides is 1. The van der Waals surface area contributed by atoms with Gasteiger partial charge in [-0.25, -0.2) is 18.2 Å². The summed E-state index contributed by atoms with van der Waals surface area (Å²) in [4.78, 5) is 18.5. The molecule has 1 N–H and O–H groups in total. The maximum absolute atomic E-state index is 12.7. The summed E-state index contributed by atoms with van der Waals surface area (Å²) in [6, 6.07) is 6.12. The van der Waals surface area contributed by atoms with E-state index in [1.54, 1.807) is 18.7 Å². The van der Waals surface area contributed by atoms with E-state index in [4.69, 9.17) is 9.47 Å². The van der Waals surface area contributed by atoms with Crippen LogP contribution in [-0.2, 0) is 14.8 Å². The van der Waals surface area contributed by atoms with Crippen molar-refractivity contribution in [2.45, 2.75) is 77.6 Å². The average Bonchev–Trinajstić information content (AvgIpc) is 3.24. The summed E-state index contributed by atoms with van der Waals surface area (Å²) in [5.74, 6) is 0.0524. The number of carbonyl (C=O) groups excluding carboxylic acids is 1. The molecular weight excluding hydrogens is 526 g/mol. The van der Waals surface area contributed by atoms with Gasteiger partial charge in [0.05, 0.1) is 27.7 Å². The fraction of sp³-hybridized carbons (Fsp3) is 0.630. The lowest BCUT2D eigenvalue weighted by Crippen LogP contribution is -2.42. The molecule has 3 heterocycles. The van der Waals surface area contributed by atoms with Crippen molar-refractivity contribution < 1.29 is 27.8 Å². The molecule has 38 heavy (non-hydrogen) atoms. The van der Waals surface area contributed by atoms with Gasteiger partial charge in [-0.15, -0.1) is 0 Å². The fourth-order valence-electron chi connectivity index (χ4n) is 4.71. The van der Waals surface area contributed by atoms with Gasteiger partial charge in [-0.05, 0) is 70.2 Å². The van der Waals surface area contributed by atoms with Gasteiger partial charge in [0.2, 0.25) is 10.0 Å². The number of aliphatic hydroxyl groups is 1. The van der Waals surface area contributed by atoms with E-state index in [1.165, 1.54) is 15.6 Å². The van der Waals surface area contributed by atoms with Crippen molar-refractivity contribution in [1.29, 1.82) is 0 Å². The highest BCUT2D eigenvalue weighted by Gasteiger charge is 2.27. The number of thiazole rings is 1. The average molecular weight is 566 g/mol. The number of hydrogen-bond acceptors (Lipinski definition) is 8. The van der Waals surface area contributed by atoms with Crippen LogP contribution in [0.3, 0.4) is 0 Å². The number of amides is 1. The largest absolute Gasteiger partial charge is 0.467 e. The maximum atomic E-state index is 12.7. The quantitative estimate of drug-likeness (QED) is 0.471. The Morgan fingerprint density at radius 3 is 2.61 bits per heavy atom. The second kappa shape index (κ2) is 11.9. The van der Waals surface area contributed by atoms with Gasteiger partial charge in [0.15, 0.2) is 0 Å². The number of hydrogen-bond donors (Lipinski definition) is 1. The van der Waals surface area contributed by atoms with E-state index in [-0.39, 0.29) is 24.1 Å². The third kappa shape index (κ3) is 7.68. The van der Waals surface area contributed by atoms with Gasteiger partial charge in [-0.2, -0.15) is 4.31 Å². The molecule has 2 aromatic rings. The highest BCUT2D eigenvalue weighted by atomic mass is 32.2. The van der Waals surface area contributed by atoms with E-state index in [0.717, 1.165) is 34.2 Å². The molecule has 9 nitrogen and oxygen atoms in total. The Morgan fingerprint density at radius 1 is 1.24 bits per heavy atom. The second-order valence-corrected chi connectivity index (χ2v) is 14.1. The van der Waals surface area contributed by atoms with Gasteiger partial charge in [-0.3, -0.25) is 0 Å². The Bertz CT molecular complexity index is 1260. The smallest absolute Gasteiger partial charge is 0.410 e. The van der Waals surface area contributed by atoms with Crippen LogP contribution in [-0.4, -0.2) is 83.5 Å². The Labute approximate surface area is 229 Å². The van der Waals surface area contributed by atoms with Crippen molar-refractivity contribution in [1.82, 2.24) is 14.2 Å². The first kappa shape index (κ1) is 28.8. The minimum atomic E-state index is -3.35. The van der Waals surface area contributed by atoms with E-state index in [0.29, 0.717) is 50.6 Å². The van der Waals surface area contributed by atoms with Crippen LogP contribution in [0.2, 0.25) is 0 Å². The molecule has 0 radical (unpaired) electrons. The molecule has 0 spiro atoms. The number of rotatable bonds is 9. The molecule has 1 fully saturated rings. The second-order valence-electron chi connectivity index (χ2n) is 11.0. The van der Waals surface area contributed by atoms with Gasteiger partial charge in [-0.1, -0.05) is 23.5 Å². The first-order valence-electron chi connectivity index (χ1n) is 13.3. The number of likely N-dealkylation sites (tertiary alicyclic amines) is 1. The summed E-state index contributed by atoms with van der Waals surface area (Å²) in [6.45, 7) is 9.10. The number of aromatic nitrogens is 1. The molecular formula is C27H39N3O6S2. The van der Waals surface area contributed by atoms with Crippen molar-refractivity contribution in [2.24, 2.45) is 0 Å². The van der Waals surface area contributed by atoms with Gasteiger partial charge in [0.25, 0.3) is 5.19 Å². The summed E-state index contributed by atoms with van der Waals surface area (Å²) in [5, 5.41) is 10.5. The van der Waals surface area contributed by atoms with Crippen molar-refractivity contribution in [3.05, 3.63) is 29.8 Å². The monoisotopic (exact) mass is 565 g/mol. The predicted molar refractivity (Wildman–Crippen MR) is 150 cm³/mol. The standard InChI is InChI=1S/C27H39N3O6S2/c1-19(2)35-26(31)29-13-10-22(11-14-29)36-25-28-23-7-6-21(18-24(23)37-25)20-8-15-30(16-9-20)38(33,34)17-5-12-27(3,4)32/h6-8,18-19,22,32H,5,9-17H2,1-4H3. The van der Waals surface area contributed by atoms with E-state index in [2.05, 4.69) is 11.1 Å². The molecule has 1 saturated heterocycles. The van der Waals surface area contributed by atoms with Gasteiger partial charge in [0.1, 0.15) is 6.10 Å². The van der Waals surface area contributed by atoms with Crippen LogP contribution in [0.4, 0.5) is 4.79 Å². The summed E-state index contributed by atoms with van der Waals surface area (Å²) in [6.07, 6.45) is 4.62. The number of benzene rings is 1. The minimum Gasteiger partial charge on any atom is -0.467 e. The Hall–Kier alpha value is -2.21. The molecule has 1 aromatic heterocycles. The van der Waals surface area contributed by atoms with E-state index in [1.807, 2.05) is 32.1 Å². The summed E-state index contributed by atoms with van der Waals surface area (Å²) in [7, 11) is -3.35. The SMILES string of the molecule is CC(C)OC(=O)N1CCC(Oc2nc3ccc(C4=CCN(S(=O)(=O)CCCC(C)(C)O)CC4)cc3s2)CC1. The van der Waals surface area contributed by atoms with E-state index >= 15 is 0 Å². The van der Waals surface area contributed by atoms with Crippen LogP contribution in [0, 0.1) is 0 Å². The molecule has 2 aliphatic heterocycles. The van der Waals surface area contributed by atoms with Crippen LogP contribution in [0.15, 0.2) is 24.3 Å². The molecule has 1 amide bonds. The maximum Gasteiger partial charge on any atom is 0.410 e. The van der Waals surface area contributed by atoms with Crippen LogP contribution in [0.1, 0.15) is 65.4 Å². The zero-order valence-corrected chi connectivity index (χ0v) is 24.3. The molecule has 4 rings (SSSR count). The first-order chi connectivity index (χ1) is 17.9. The molecule has 2 aliphatic rings. The zero-order valence-electron chi connectivity index (χ0n) is 22.7. The number of fused-ring (bicyclic) bond motifs is 1. The number of nitrogens with zero attached hydrogens (tertiary/aromatic N) is 3. The predicted octanol–water partition coefficient (Wildman–Crippen LogP) is 4.65. The highest BCUT2D eigenvalue weighted by Crippen LogP contribution is 2.33. The molecule has 11 heteroatoms. The molecule has 0 bridgehead atoms. The van der Waals surface area contributed by atoms with Gasteiger partial charge < -0.3 is 19.5 Å². The van der Waals surface area contributed by atoms with Crippen molar-refractivity contribution in [2.75, 3.05) is 31.9 Å². The van der Waals surface area contributed by atoms with Gasteiger partial charge in [0, 0.05) is 39.0 Å². The van der Waals surface area contributed by atoms with Crippen LogP contribution in [0.25, 0.3) is 15.8 Å². The zero-order chi connectivity index (χ0) is 27.5. The lowest BCUT2D eigenvalue weighted by Gasteiger charge is -2.31. The highest BCUT2D eigenvalue weighted by molar-refractivity contribution is 7.89. The molecule has 0 unspecified atom stereocenters. The topological polar surface area (TPSA) is 109 Å². The van der Waals surface area contributed by atoms with Gasteiger partial charge >= 0.3 is 6.09 Å². The Kier molecular flexibility index (Phi) is 9.01. The number of piperidine rings is 1. The summed E-state index contributed by atoms with van der Waals surface area (Å²) < 4.78 is 39.4. The Morgan fingerprint density at radius 2 is 1.97 bits per heavy atom. The van der Waals surface area contributed by atoms with Crippen molar-refractivity contribution in [3.63, 3.8) is 0 Å². The molecule has 210 valence electrons. The molecule has 0 atom stereocenters. The Balaban J connectivity index is 1.33. The molecule has 1 aromatic carbocycles. The number of ether oxygens (including phenoxy) is 2. The summed E-state index contributed by atoms with van der Waals surface area (Å²) >= 11 is 1.51. The van der Waals surface area contributed by atoms with Crippen molar-refractivity contribution >= 4 is 43.2 Å². The molecule has 0 aliphatic carbocycles. The van der Waals surface area contributed by atoms with Crippen LogP contribution >= 0.6 is 11.3 Å². The van der Waals surface area contributed by atoms with E-state index < -0.39 is 15.6 Å². The normalized spacial score (nSPS) is 18.2. The lowest BCUT2D eigenvalue weighted by atomic mass is 10.0. The van der Waals surface area contributed by atoms with Crippen LogP contribution in [0.5, 0.6) is 5.19 Å². The van der Waals surface area contributed by atoms with Crippen LogP contribution < -0.4 is 4.74 Å². The van der Waals surface area contributed by atoms with Crippen molar-refractivity contribution in [3.8, 4) is 5.19 Å². The fourth-order valence-corrected chi connectivity index (χ4v) is 7.07. The lowest BCUT2D eigenvalue weighted by molar-refractivity contribution is 0.0516. The first-order valence-corrected chi connectivity index (χ1v) is 15.7. The molecule has 0 saturated carbocycles. The minimum absolute atomic E-state index is 0.00978. The third-order valence-electron chi connectivity index (χ3n) is 6.80. The summed E-state index contributed by atoms with van der Waals surface area (Å²) in [5.41, 5.74) is 2.22. The number of carbonyl (C=O) groups is 1.